The molecule has 0 atom stereocenters. The predicted molar refractivity (Wildman–Crippen MR) is 84.0 cm³/mol. The summed E-state index contributed by atoms with van der Waals surface area (Å²) in [4.78, 5) is 35.2. The SMILES string of the molecule is O=C(CC(C(=O)O)=C(C(=O)O)C1CCCC1)Cc1ccccc1. The van der Waals surface area contributed by atoms with Crippen LogP contribution < -0.4 is 0 Å². The minimum atomic E-state index is -1.31. The van der Waals surface area contributed by atoms with Gasteiger partial charge >= 0.3 is 11.9 Å². The Morgan fingerprint density at radius 2 is 1.57 bits per heavy atom. The number of rotatable bonds is 7. The van der Waals surface area contributed by atoms with E-state index in [0.717, 1.165) is 18.4 Å². The van der Waals surface area contributed by atoms with Crippen LogP contribution in [0.25, 0.3) is 0 Å². The predicted octanol–water partition coefficient (Wildman–Crippen LogP) is 2.84. The Hall–Kier alpha value is -2.43. The first-order valence-corrected chi connectivity index (χ1v) is 7.74. The summed E-state index contributed by atoms with van der Waals surface area (Å²) < 4.78 is 0. The van der Waals surface area contributed by atoms with Crippen molar-refractivity contribution in [3.8, 4) is 0 Å². The van der Waals surface area contributed by atoms with E-state index in [2.05, 4.69) is 0 Å². The molecule has 0 unspecified atom stereocenters. The van der Waals surface area contributed by atoms with Crippen LogP contribution in [0.5, 0.6) is 0 Å². The van der Waals surface area contributed by atoms with E-state index in [-0.39, 0.29) is 35.7 Å². The molecule has 5 heteroatoms. The first-order valence-electron chi connectivity index (χ1n) is 7.74. The highest BCUT2D eigenvalue weighted by Crippen LogP contribution is 2.33. The first-order chi connectivity index (χ1) is 11.0. The molecule has 0 radical (unpaired) electrons. The van der Waals surface area contributed by atoms with Crippen LogP contribution in [-0.4, -0.2) is 27.9 Å². The summed E-state index contributed by atoms with van der Waals surface area (Å²) in [5, 5.41) is 18.8. The van der Waals surface area contributed by atoms with E-state index in [1.165, 1.54) is 0 Å². The Labute approximate surface area is 134 Å². The van der Waals surface area contributed by atoms with Crippen LogP contribution >= 0.6 is 0 Å². The van der Waals surface area contributed by atoms with E-state index < -0.39 is 11.9 Å². The summed E-state index contributed by atoms with van der Waals surface area (Å²) >= 11 is 0. The molecule has 0 spiro atoms. The Kier molecular flexibility index (Phi) is 5.68. The standard InChI is InChI=1S/C18H20O5/c19-14(10-12-6-2-1-3-7-12)11-15(17(20)21)16(18(22)23)13-8-4-5-9-13/h1-3,6-7,13H,4-5,8-11H2,(H,20,21)(H,22,23). The van der Waals surface area contributed by atoms with Crippen molar-refractivity contribution < 1.29 is 24.6 Å². The molecule has 23 heavy (non-hydrogen) atoms. The van der Waals surface area contributed by atoms with Crippen LogP contribution in [0.4, 0.5) is 0 Å². The largest absolute Gasteiger partial charge is 0.478 e. The van der Waals surface area contributed by atoms with Crippen LogP contribution in [0.1, 0.15) is 37.7 Å². The molecule has 1 fully saturated rings. The van der Waals surface area contributed by atoms with Gasteiger partial charge in [0.1, 0.15) is 5.78 Å². The molecule has 0 heterocycles. The Morgan fingerprint density at radius 3 is 2.09 bits per heavy atom. The summed E-state index contributed by atoms with van der Waals surface area (Å²) in [5.41, 5.74) is 0.446. The minimum absolute atomic E-state index is 0.0867. The summed E-state index contributed by atoms with van der Waals surface area (Å²) in [7, 11) is 0. The van der Waals surface area contributed by atoms with Crippen molar-refractivity contribution in [2.24, 2.45) is 5.92 Å². The molecule has 0 amide bonds. The van der Waals surface area contributed by atoms with Gasteiger partial charge in [-0.1, -0.05) is 43.2 Å². The van der Waals surface area contributed by atoms with Gasteiger partial charge in [0.05, 0.1) is 11.1 Å². The number of hydrogen-bond donors (Lipinski definition) is 2. The van der Waals surface area contributed by atoms with Gasteiger partial charge in [0.25, 0.3) is 0 Å². The molecule has 1 aliphatic rings. The zero-order valence-corrected chi connectivity index (χ0v) is 12.8. The topological polar surface area (TPSA) is 91.7 Å². The van der Waals surface area contributed by atoms with E-state index in [4.69, 9.17) is 0 Å². The summed E-state index contributed by atoms with van der Waals surface area (Å²) in [5.74, 6) is -3.08. The molecule has 0 bridgehead atoms. The number of ketones is 1. The zero-order valence-electron chi connectivity index (χ0n) is 12.8. The normalized spacial score (nSPS) is 16.0. The number of carboxylic acid groups (broad SMARTS) is 2. The maximum absolute atomic E-state index is 12.2. The van der Waals surface area contributed by atoms with Crippen molar-refractivity contribution in [1.29, 1.82) is 0 Å². The molecule has 0 aromatic heterocycles. The van der Waals surface area contributed by atoms with Gasteiger partial charge in [0.15, 0.2) is 0 Å². The average Bonchev–Trinajstić information content (AvgIpc) is 3.01. The fourth-order valence-electron chi connectivity index (χ4n) is 3.13. The molecular formula is C18H20O5. The molecule has 1 saturated carbocycles. The van der Waals surface area contributed by atoms with Crippen molar-refractivity contribution in [2.45, 2.75) is 38.5 Å². The van der Waals surface area contributed by atoms with Crippen LogP contribution in [0, 0.1) is 5.92 Å². The summed E-state index contributed by atoms with van der Waals surface area (Å²) in [6.07, 6.45) is 2.90. The Balaban J connectivity index is 2.22. The summed E-state index contributed by atoms with van der Waals surface area (Å²) in [6.45, 7) is 0. The third-order valence-electron chi connectivity index (χ3n) is 4.20. The fourth-order valence-corrected chi connectivity index (χ4v) is 3.13. The molecule has 0 saturated heterocycles. The Morgan fingerprint density at radius 1 is 0.957 bits per heavy atom. The highest BCUT2D eigenvalue weighted by molar-refractivity contribution is 6.03. The first kappa shape index (κ1) is 16.9. The highest BCUT2D eigenvalue weighted by Gasteiger charge is 2.30. The number of carbonyl (C=O) groups is 3. The number of Topliss-reactive ketones (excluding diaryl/α,β-unsaturated/α-hetero) is 1. The van der Waals surface area contributed by atoms with Crippen molar-refractivity contribution in [3.05, 3.63) is 47.0 Å². The lowest BCUT2D eigenvalue weighted by Crippen LogP contribution is -2.20. The third-order valence-corrected chi connectivity index (χ3v) is 4.20. The van der Waals surface area contributed by atoms with E-state index in [9.17, 15) is 24.6 Å². The molecule has 2 N–H and O–H groups in total. The van der Waals surface area contributed by atoms with Crippen molar-refractivity contribution >= 4 is 17.7 Å². The van der Waals surface area contributed by atoms with E-state index in [0.29, 0.717) is 12.8 Å². The molecule has 1 aromatic carbocycles. The maximum Gasteiger partial charge on any atom is 0.332 e. The van der Waals surface area contributed by atoms with Crippen LogP contribution in [0.2, 0.25) is 0 Å². The van der Waals surface area contributed by atoms with E-state index in [1.807, 2.05) is 6.07 Å². The molecule has 0 aliphatic heterocycles. The van der Waals surface area contributed by atoms with Gasteiger partial charge in [-0.2, -0.15) is 0 Å². The Bertz CT molecular complexity index is 624. The third kappa shape index (κ3) is 4.52. The molecular weight excluding hydrogens is 296 g/mol. The fraction of sp³-hybridized carbons (Fsp3) is 0.389. The van der Waals surface area contributed by atoms with E-state index >= 15 is 0 Å². The second-order valence-corrected chi connectivity index (χ2v) is 5.86. The minimum Gasteiger partial charge on any atom is -0.478 e. The smallest absolute Gasteiger partial charge is 0.332 e. The number of aliphatic carboxylic acids is 2. The maximum atomic E-state index is 12.2. The van der Waals surface area contributed by atoms with Crippen molar-refractivity contribution in [3.63, 3.8) is 0 Å². The number of benzene rings is 1. The number of hydrogen-bond acceptors (Lipinski definition) is 3. The van der Waals surface area contributed by atoms with Gasteiger partial charge in [-0.3, -0.25) is 4.79 Å². The van der Waals surface area contributed by atoms with Crippen LogP contribution in [0.15, 0.2) is 41.5 Å². The lowest BCUT2D eigenvalue weighted by molar-refractivity contribution is -0.137. The molecule has 5 nitrogen and oxygen atoms in total. The van der Waals surface area contributed by atoms with Crippen molar-refractivity contribution in [1.82, 2.24) is 0 Å². The highest BCUT2D eigenvalue weighted by atomic mass is 16.4. The van der Waals surface area contributed by atoms with Gasteiger partial charge in [-0.05, 0) is 24.3 Å². The lowest BCUT2D eigenvalue weighted by atomic mass is 9.89. The van der Waals surface area contributed by atoms with Gasteiger partial charge in [-0.25, -0.2) is 9.59 Å². The average molecular weight is 316 g/mol. The molecule has 122 valence electrons. The zero-order chi connectivity index (χ0) is 16.8. The van der Waals surface area contributed by atoms with Gasteiger partial charge in [-0.15, -0.1) is 0 Å². The van der Waals surface area contributed by atoms with Crippen LogP contribution in [-0.2, 0) is 20.8 Å². The van der Waals surface area contributed by atoms with Gasteiger partial charge in [0.2, 0.25) is 0 Å². The second kappa shape index (κ2) is 7.72. The molecule has 1 aromatic rings. The molecule has 2 rings (SSSR count). The number of carboxylic acids is 2. The summed E-state index contributed by atoms with van der Waals surface area (Å²) in [6, 6.07) is 9.02. The van der Waals surface area contributed by atoms with Crippen LogP contribution in [0.3, 0.4) is 0 Å². The van der Waals surface area contributed by atoms with Crippen molar-refractivity contribution in [2.75, 3.05) is 0 Å². The molecule has 1 aliphatic carbocycles. The number of carbonyl (C=O) groups excluding carboxylic acids is 1. The van der Waals surface area contributed by atoms with Gasteiger partial charge < -0.3 is 10.2 Å². The second-order valence-electron chi connectivity index (χ2n) is 5.86. The van der Waals surface area contributed by atoms with Gasteiger partial charge in [0, 0.05) is 12.8 Å². The lowest BCUT2D eigenvalue weighted by Gasteiger charge is -2.14. The monoisotopic (exact) mass is 316 g/mol. The quantitative estimate of drug-likeness (QED) is 0.755. The van der Waals surface area contributed by atoms with E-state index in [1.54, 1.807) is 24.3 Å².